The van der Waals surface area contributed by atoms with Gasteiger partial charge in [0, 0.05) is 0 Å². The van der Waals surface area contributed by atoms with E-state index >= 15 is 0 Å². The fourth-order valence-electron chi connectivity index (χ4n) is 1.35. The molecule has 0 heterocycles. The third kappa shape index (κ3) is 2.21. The number of carbonyl (C=O) groups is 2. The van der Waals surface area contributed by atoms with Crippen molar-refractivity contribution in [1.29, 1.82) is 0 Å². The fraction of sp³-hybridized carbons (Fsp3) is 0.500. The zero-order chi connectivity index (χ0) is 10.0. The Morgan fingerprint density at radius 1 is 1.23 bits per heavy atom. The van der Waals surface area contributed by atoms with Crippen LogP contribution in [0.5, 0.6) is 0 Å². The summed E-state index contributed by atoms with van der Waals surface area (Å²) in [4.78, 5) is 21.3. The molecule has 0 aliphatic heterocycles. The highest BCUT2D eigenvalue weighted by Gasteiger charge is 2.35. The van der Waals surface area contributed by atoms with Gasteiger partial charge in [0.05, 0.1) is 17.2 Å². The van der Waals surface area contributed by atoms with Gasteiger partial charge in [-0.1, -0.05) is 12.2 Å². The molecule has 3 atom stereocenters. The number of alkyl halides is 1. The van der Waals surface area contributed by atoms with E-state index in [1.165, 1.54) is 12.2 Å². The van der Waals surface area contributed by atoms with Crippen LogP contribution in [0, 0.1) is 11.8 Å². The number of carboxylic acids is 2. The molecular formula is C8H9ClO4. The molecule has 0 aromatic heterocycles. The van der Waals surface area contributed by atoms with Crippen molar-refractivity contribution in [1.82, 2.24) is 0 Å². The molecule has 1 rings (SSSR count). The number of hydrogen-bond acceptors (Lipinski definition) is 2. The van der Waals surface area contributed by atoms with Crippen LogP contribution < -0.4 is 0 Å². The van der Waals surface area contributed by atoms with Gasteiger partial charge in [0.15, 0.2) is 0 Å². The maximum absolute atomic E-state index is 10.7. The Bertz CT molecular complexity index is 261. The van der Waals surface area contributed by atoms with E-state index in [0.29, 0.717) is 0 Å². The molecule has 0 spiro atoms. The smallest absolute Gasteiger partial charge is 0.311 e. The van der Waals surface area contributed by atoms with E-state index in [2.05, 4.69) is 0 Å². The van der Waals surface area contributed by atoms with Crippen LogP contribution in [0.3, 0.4) is 0 Å². The number of rotatable bonds is 2. The molecule has 0 aromatic rings. The van der Waals surface area contributed by atoms with Gasteiger partial charge in [0.2, 0.25) is 0 Å². The van der Waals surface area contributed by atoms with E-state index < -0.39 is 23.8 Å². The van der Waals surface area contributed by atoms with Crippen molar-refractivity contribution in [2.45, 2.75) is 11.8 Å². The number of allylic oxidation sites excluding steroid dienone is 1. The molecule has 13 heavy (non-hydrogen) atoms. The van der Waals surface area contributed by atoms with Gasteiger partial charge >= 0.3 is 11.9 Å². The second-order valence-corrected chi connectivity index (χ2v) is 3.51. The maximum atomic E-state index is 10.7. The summed E-state index contributed by atoms with van der Waals surface area (Å²) in [5.74, 6) is -4.09. The minimum atomic E-state index is -1.12. The maximum Gasteiger partial charge on any atom is 0.311 e. The molecule has 1 aliphatic carbocycles. The lowest BCUT2D eigenvalue weighted by Gasteiger charge is -2.23. The molecule has 0 fully saturated rings. The molecule has 2 N–H and O–H groups in total. The van der Waals surface area contributed by atoms with Gasteiger partial charge in [-0.05, 0) is 6.42 Å². The lowest BCUT2D eigenvalue weighted by Crippen LogP contribution is -2.32. The predicted molar refractivity (Wildman–Crippen MR) is 45.6 cm³/mol. The van der Waals surface area contributed by atoms with E-state index in [-0.39, 0.29) is 11.8 Å². The minimum absolute atomic E-state index is 0.171. The first-order valence-electron chi connectivity index (χ1n) is 3.80. The highest BCUT2D eigenvalue weighted by Crippen LogP contribution is 2.28. The normalized spacial score (nSPS) is 32.8. The largest absolute Gasteiger partial charge is 0.481 e. The summed E-state index contributed by atoms with van der Waals surface area (Å²) >= 11 is 5.68. The molecule has 0 saturated carbocycles. The lowest BCUT2D eigenvalue weighted by molar-refractivity contribution is -0.152. The molecule has 3 unspecified atom stereocenters. The lowest BCUT2D eigenvalue weighted by atomic mass is 9.84. The van der Waals surface area contributed by atoms with Gasteiger partial charge in [-0.25, -0.2) is 0 Å². The number of halogens is 1. The quantitative estimate of drug-likeness (QED) is 0.519. The van der Waals surface area contributed by atoms with Gasteiger partial charge < -0.3 is 10.2 Å². The highest BCUT2D eigenvalue weighted by atomic mass is 35.5. The van der Waals surface area contributed by atoms with Crippen molar-refractivity contribution in [2.75, 3.05) is 0 Å². The van der Waals surface area contributed by atoms with Crippen molar-refractivity contribution >= 4 is 23.5 Å². The molecule has 0 saturated heterocycles. The van der Waals surface area contributed by atoms with Gasteiger partial charge in [-0.15, -0.1) is 11.6 Å². The van der Waals surface area contributed by atoms with Gasteiger partial charge in [-0.3, -0.25) is 9.59 Å². The van der Waals surface area contributed by atoms with Crippen LogP contribution in [-0.4, -0.2) is 27.5 Å². The molecule has 1 aliphatic rings. The zero-order valence-corrected chi connectivity index (χ0v) is 7.44. The van der Waals surface area contributed by atoms with Crippen LogP contribution in [0.25, 0.3) is 0 Å². The number of aliphatic carboxylic acids is 2. The first-order valence-corrected chi connectivity index (χ1v) is 4.24. The average molecular weight is 205 g/mol. The van der Waals surface area contributed by atoms with E-state index in [9.17, 15) is 9.59 Å². The second-order valence-electron chi connectivity index (χ2n) is 2.95. The summed E-state index contributed by atoms with van der Waals surface area (Å²) in [5.41, 5.74) is 0. The van der Waals surface area contributed by atoms with Crippen molar-refractivity contribution in [3.05, 3.63) is 12.2 Å². The standard InChI is InChI=1S/C8H9ClO4/c9-4-1-2-5(7(10)11)6(3-4)8(12)13/h1-2,4-6H,3H2,(H,10,11)(H,12,13). The van der Waals surface area contributed by atoms with E-state index in [1.54, 1.807) is 0 Å². The molecule has 4 nitrogen and oxygen atoms in total. The Morgan fingerprint density at radius 3 is 2.31 bits per heavy atom. The molecule has 0 radical (unpaired) electrons. The number of carboxylic acid groups (broad SMARTS) is 2. The van der Waals surface area contributed by atoms with Crippen LogP contribution in [-0.2, 0) is 9.59 Å². The van der Waals surface area contributed by atoms with E-state index in [4.69, 9.17) is 21.8 Å². The Morgan fingerprint density at radius 2 is 1.85 bits per heavy atom. The molecule has 72 valence electrons. The molecular weight excluding hydrogens is 196 g/mol. The average Bonchev–Trinajstić information content (AvgIpc) is 2.03. The van der Waals surface area contributed by atoms with Crippen molar-refractivity contribution in [3.8, 4) is 0 Å². The first kappa shape index (κ1) is 10.1. The Hall–Kier alpha value is -1.03. The van der Waals surface area contributed by atoms with Gasteiger partial charge in [0.1, 0.15) is 0 Å². The van der Waals surface area contributed by atoms with Crippen LogP contribution in [0.1, 0.15) is 6.42 Å². The van der Waals surface area contributed by atoms with Crippen LogP contribution in [0.4, 0.5) is 0 Å². The summed E-state index contributed by atoms with van der Waals surface area (Å²) in [6, 6.07) is 0. The van der Waals surface area contributed by atoms with Crippen LogP contribution in [0.15, 0.2) is 12.2 Å². The van der Waals surface area contributed by atoms with Crippen LogP contribution >= 0.6 is 11.6 Å². The van der Waals surface area contributed by atoms with E-state index in [0.717, 1.165) is 0 Å². The van der Waals surface area contributed by atoms with Crippen molar-refractivity contribution < 1.29 is 19.8 Å². The molecule has 0 amide bonds. The second kappa shape index (κ2) is 3.79. The minimum Gasteiger partial charge on any atom is -0.481 e. The fourth-order valence-corrected chi connectivity index (χ4v) is 1.63. The third-order valence-electron chi connectivity index (χ3n) is 2.04. The Balaban J connectivity index is 2.85. The molecule has 0 bridgehead atoms. The summed E-state index contributed by atoms with van der Waals surface area (Å²) in [7, 11) is 0. The number of hydrogen-bond donors (Lipinski definition) is 2. The summed E-state index contributed by atoms with van der Waals surface area (Å²) in [5, 5.41) is 17.0. The Labute approximate surface area is 79.8 Å². The van der Waals surface area contributed by atoms with E-state index in [1.807, 2.05) is 0 Å². The summed E-state index contributed by atoms with van der Waals surface area (Å²) in [6.07, 6.45) is 3.05. The summed E-state index contributed by atoms with van der Waals surface area (Å²) < 4.78 is 0. The zero-order valence-electron chi connectivity index (χ0n) is 6.68. The third-order valence-corrected chi connectivity index (χ3v) is 2.37. The molecule has 0 aromatic carbocycles. The van der Waals surface area contributed by atoms with Gasteiger partial charge in [0.25, 0.3) is 0 Å². The monoisotopic (exact) mass is 204 g/mol. The topological polar surface area (TPSA) is 74.6 Å². The predicted octanol–water partition coefficient (Wildman–Crippen LogP) is 0.955. The van der Waals surface area contributed by atoms with Crippen molar-refractivity contribution in [3.63, 3.8) is 0 Å². The van der Waals surface area contributed by atoms with Crippen LogP contribution in [0.2, 0.25) is 0 Å². The van der Waals surface area contributed by atoms with Crippen molar-refractivity contribution in [2.24, 2.45) is 11.8 Å². The highest BCUT2D eigenvalue weighted by molar-refractivity contribution is 6.22. The van der Waals surface area contributed by atoms with Gasteiger partial charge in [-0.2, -0.15) is 0 Å². The SMILES string of the molecule is O=C(O)C1C=CC(Cl)CC1C(=O)O. The molecule has 5 heteroatoms. The first-order chi connectivity index (χ1) is 6.02. The summed E-state index contributed by atoms with van der Waals surface area (Å²) in [6.45, 7) is 0. The Kier molecular flexibility index (Phi) is 2.93.